The molecule has 212 valence electrons. The van der Waals surface area contributed by atoms with Crippen LogP contribution in [0.1, 0.15) is 11.1 Å². The Labute approximate surface area is 231 Å². The highest BCUT2D eigenvalue weighted by atomic mass is 35.5. The summed E-state index contributed by atoms with van der Waals surface area (Å²) in [6.07, 6.45) is -9.77. The molecule has 0 aliphatic carbocycles. The number of rotatable bonds is 5. The summed E-state index contributed by atoms with van der Waals surface area (Å²) in [7, 11) is -5.22. The summed E-state index contributed by atoms with van der Waals surface area (Å²) >= 11 is 17.1. The maximum Gasteiger partial charge on any atom is 0.417 e. The smallest absolute Gasteiger partial charge is 0.417 e. The molecule has 0 spiro atoms. The zero-order chi connectivity index (χ0) is 28.6. The van der Waals surface area contributed by atoms with Crippen LogP contribution in [0.5, 0.6) is 11.5 Å². The van der Waals surface area contributed by atoms with Gasteiger partial charge in [-0.05, 0) is 42.5 Å². The first-order valence-corrected chi connectivity index (χ1v) is 12.2. The number of anilines is 2. The lowest BCUT2D eigenvalue weighted by Gasteiger charge is -2.19. The van der Waals surface area contributed by atoms with Crippen LogP contribution < -0.4 is 21.5 Å². The Morgan fingerprint density at radius 2 is 1.41 bits per heavy atom. The zero-order valence-electron chi connectivity index (χ0n) is 19.0. The quantitative estimate of drug-likeness (QED) is 0.189. The van der Waals surface area contributed by atoms with Gasteiger partial charge in [-0.2, -0.15) is 26.3 Å². The number of alkyl halides is 6. The molecule has 0 fully saturated rings. The normalized spacial score (nSPS) is 11.9. The van der Waals surface area contributed by atoms with E-state index in [1.807, 2.05) is 10.6 Å². The van der Waals surface area contributed by atoms with Crippen molar-refractivity contribution in [1.29, 1.82) is 0 Å². The van der Waals surface area contributed by atoms with Gasteiger partial charge >= 0.3 is 18.4 Å². The number of benzene rings is 3. The van der Waals surface area contributed by atoms with Gasteiger partial charge in [-0.3, -0.25) is 0 Å². The van der Waals surface area contributed by atoms with E-state index in [4.69, 9.17) is 39.5 Å². The molecule has 0 aromatic heterocycles. The first kappa shape index (κ1) is 32.3. The summed E-state index contributed by atoms with van der Waals surface area (Å²) < 4.78 is 119. The van der Waals surface area contributed by atoms with E-state index in [9.17, 15) is 44.1 Å². The van der Waals surface area contributed by atoms with Crippen molar-refractivity contribution in [2.24, 2.45) is 0 Å². The van der Waals surface area contributed by atoms with Crippen LogP contribution in [0.25, 0.3) is 0 Å². The summed E-state index contributed by atoms with van der Waals surface area (Å²) in [5.74, 6) is -1.33. The minimum Gasteiger partial charge on any atom is -0.744 e. The number of amides is 2. The second kappa shape index (κ2) is 11.7. The maximum absolute atomic E-state index is 13.3. The van der Waals surface area contributed by atoms with Crippen LogP contribution in [-0.4, -0.2) is 19.0 Å². The third-order valence-corrected chi connectivity index (χ3v) is 6.47. The van der Waals surface area contributed by atoms with Crippen molar-refractivity contribution in [3.05, 3.63) is 74.7 Å². The zero-order valence-corrected chi connectivity index (χ0v) is 22.1. The number of ether oxygens (including phenoxy) is 1. The molecule has 0 saturated carbocycles. The van der Waals surface area contributed by atoms with Crippen LogP contribution >= 0.6 is 34.8 Å². The average molecular weight is 641 g/mol. The predicted molar refractivity (Wildman–Crippen MR) is 131 cm³/mol. The van der Waals surface area contributed by atoms with Gasteiger partial charge in [0, 0.05) is 11.8 Å². The highest BCUT2D eigenvalue weighted by molar-refractivity contribution is 7.85. The van der Waals surface area contributed by atoms with Crippen LogP contribution in [0.2, 0.25) is 15.1 Å². The number of nitrogens with one attached hydrogen (secondary N) is 2. The standard InChI is InChI=1S/C21H11Cl3F6N2O5S.H3N/c22-12-3-2-10(6-11(12)21(28,29)30)31-19(33)32-15-5-9(20(25,26)27)1-4-16(15)37-17-7-13(23)14(24)8-18(17)38(34,35)36;/h1-8H,(H2,31,32,33)(H,34,35,36);1H3. The predicted octanol–water partition coefficient (Wildman–Crippen LogP) is 8.40. The Kier molecular flexibility index (Phi) is 9.64. The molecule has 8 nitrogen and oxygen atoms in total. The first-order valence-electron chi connectivity index (χ1n) is 9.65. The summed E-state index contributed by atoms with van der Waals surface area (Å²) in [5.41, 5.74) is -3.69. The molecule has 3 rings (SSSR count). The molecule has 0 unspecified atom stereocenters. The van der Waals surface area contributed by atoms with Crippen molar-refractivity contribution in [2.45, 2.75) is 17.2 Å². The van der Waals surface area contributed by atoms with Gasteiger partial charge in [0.2, 0.25) is 0 Å². The van der Waals surface area contributed by atoms with E-state index in [1.54, 1.807) is 0 Å². The molecule has 3 aromatic rings. The second-order valence-corrected chi connectivity index (χ2v) is 9.82. The topological polar surface area (TPSA) is 144 Å². The van der Waals surface area contributed by atoms with Gasteiger partial charge in [-0.25, -0.2) is 13.2 Å². The van der Waals surface area contributed by atoms with Gasteiger partial charge in [-0.15, -0.1) is 0 Å². The van der Waals surface area contributed by atoms with E-state index in [-0.39, 0.29) is 16.2 Å². The van der Waals surface area contributed by atoms with Crippen molar-refractivity contribution < 1.29 is 48.8 Å². The number of urea groups is 1. The van der Waals surface area contributed by atoms with Gasteiger partial charge < -0.3 is 26.1 Å². The van der Waals surface area contributed by atoms with Crippen molar-refractivity contribution in [2.75, 3.05) is 10.6 Å². The van der Waals surface area contributed by atoms with Crippen LogP contribution in [0.4, 0.5) is 42.5 Å². The van der Waals surface area contributed by atoms with E-state index in [0.29, 0.717) is 30.3 Å². The highest BCUT2D eigenvalue weighted by Crippen LogP contribution is 2.41. The van der Waals surface area contributed by atoms with Crippen LogP contribution in [0, 0.1) is 0 Å². The molecule has 0 aliphatic rings. The maximum atomic E-state index is 13.3. The lowest BCUT2D eigenvalue weighted by Crippen LogP contribution is -2.21. The Balaban J connectivity index is 0.00000533. The largest absolute Gasteiger partial charge is 0.744 e. The van der Waals surface area contributed by atoms with Crippen molar-refractivity contribution in [3.8, 4) is 11.5 Å². The molecule has 0 aliphatic heterocycles. The van der Waals surface area contributed by atoms with Crippen molar-refractivity contribution in [1.82, 2.24) is 6.15 Å². The minimum absolute atomic E-state index is 0. The summed E-state index contributed by atoms with van der Waals surface area (Å²) in [6, 6.07) is 4.12. The fraction of sp³-hybridized carbons (Fsp3) is 0.0952. The third kappa shape index (κ3) is 8.03. The highest BCUT2D eigenvalue weighted by Gasteiger charge is 2.34. The van der Waals surface area contributed by atoms with Gasteiger partial charge in [-0.1, -0.05) is 34.8 Å². The van der Waals surface area contributed by atoms with Gasteiger partial charge in [0.05, 0.1) is 36.8 Å². The molecule has 0 atom stereocenters. The molecule has 0 radical (unpaired) electrons. The summed E-state index contributed by atoms with van der Waals surface area (Å²) in [6.45, 7) is 0. The lowest BCUT2D eigenvalue weighted by molar-refractivity contribution is -0.138. The first-order chi connectivity index (χ1) is 17.4. The van der Waals surface area contributed by atoms with E-state index < -0.39 is 72.4 Å². The van der Waals surface area contributed by atoms with Crippen molar-refractivity contribution in [3.63, 3.8) is 0 Å². The minimum atomic E-state index is -5.22. The Hall–Kier alpha value is -2.95. The number of carbonyl (C=O) groups excluding carboxylic acids is 1. The Morgan fingerprint density at radius 1 is 0.795 bits per heavy atom. The van der Waals surface area contributed by atoms with Crippen LogP contribution in [0.3, 0.4) is 0 Å². The van der Waals surface area contributed by atoms with Gasteiger partial charge in [0.1, 0.15) is 15.9 Å². The van der Waals surface area contributed by atoms with Gasteiger partial charge in [0.25, 0.3) is 0 Å². The molecule has 0 bridgehead atoms. The van der Waals surface area contributed by atoms with Crippen LogP contribution in [0.15, 0.2) is 53.4 Å². The molecule has 18 heteroatoms. The fourth-order valence-corrected chi connectivity index (χ4v) is 4.12. The molecular weight excluding hydrogens is 627 g/mol. The van der Waals surface area contributed by atoms with E-state index in [1.165, 1.54) is 0 Å². The second-order valence-electron chi connectivity index (χ2n) is 7.25. The third-order valence-electron chi connectivity index (χ3n) is 4.56. The Bertz CT molecular complexity index is 1520. The number of quaternary nitrogens is 1. The molecule has 0 heterocycles. The SMILES string of the molecule is O=C(Nc1ccc(Cl)c(C(F)(F)F)c1)Nc1cc(C(F)(F)F)ccc1Oc1cc(Cl)c(Cl)cc1S(=O)(=O)[O-].[NH4+]. The molecule has 6 N–H and O–H groups in total. The summed E-state index contributed by atoms with van der Waals surface area (Å²) in [4.78, 5) is 11.4. The average Bonchev–Trinajstić information content (AvgIpc) is 2.76. The Morgan fingerprint density at radius 3 is 1.97 bits per heavy atom. The lowest BCUT2D eigenvalue weighted by atomic mass is 10.1. The summed E-state index contributed by atoms with van der Waals surface area (Å²) in [5, 5.41) is 2.68. The van der Waals surface area contributed by atoms with Gasteiger partial charge in [0.15, 0.2) is 5.75 Å². The molecule has 0 saturated heterocycles. The monoisotopic (exact) mass is 639 g/mol. The fourth-order valence-electron chi connectivity index (χ4n) is 2.90. The van der Waals surface area contributed by atoms with Crippen molar-refractivity contribution >= 4 is 62.3 Å². The molecule has 2 amide bonds. The number of hydrogen-bond acceptors (Lipinski definition) is 5. The number of halogens is 9. The molecule has 3 aromatic carbocycles. The molecular formula is C21H14Cl3F6N3O5S. The number of hydrogen-bond donors (Lipinski definition) is 3. The van der Waals surface area contributed by atoms with E-state index in [2.05, 4.69) is 0 Å². The van der Waals surface area contributed by atoms with Crippen LogP contribution in [-0.2, 0) is 22.5 Å². The van der Waals surface area contributed by atoms with E-state index >= 15 is 0 Å². The number of carbonyl (C=O) groups is 1. The molecule has 39 heavy (non-hydrogen) atoms. The van der Waals surface area contributed by atoms with E-state index in [0.717, 1.165) is 18.2 Å².